The van der Waals surface area contributed by atoms with Crippen LogP contribution in [-0.4, -0.2) is 26.8 Å². The van der Waals surface area contributed by atoms with Crippen molar-refractivity contribution in [2.75, 3.05) is 26.8 Å². The number of nitrogens with one attached hydrogen (secondary N) is 1. The van der Waals surface area contributed by atoms with Gasteiger partial charge >= 0.3 is 0 Å². The maximum atomic E-state index is 13.8. The van der Waals surface area contributed by atoms with Crippen LogP contribution >= 0.6 is 0 Å². The number of benzene rings is 1. The van der Waals surface area contributed by atoms with Crippen LogP contribution in [0, 0.1) is 17.0 Å². The van der Waals surface area contributed by atoms with Crippen molar-refractivity contribution < 1.29 is 13.5 Å². The SMILES string of the molecule is COCCNCC1(Cc2c(F)cccc2F)CCCC1. The largest absolute Gasteiger partial charge is 0.383 e. The van der Waals surface area contributed by atoms with E-state index in [-0.39, 0.29) is 11.0 Å². The van der Waals surface area contributed by atoms with Crippen LogP contribution in [0.5, 0.6) is 0 Å². The first-order chi connectivity index (χ1) is 9.67. The van der Waals surface area contributed by atoms with Crippen molar-refractivity contribution in [1.82, 2.24) is 5.32 Å². The summed E-state index contributed by atoms with van der Waals surface area (Å²) in [5.74, 6) is -0.846. The molecule has 1 fully saturated rings. The summed E-state index contributed by atoms with van der Waals surface area (Å²) in [4.78, 5) is 0. The molecule has 0 aromatic heterocycles. The summed E-state index contributed by atoms with van der Waals surface area (Å²) in [6.07, 6.45) is 4.82. The summed E-state index contributed by atoms with van der Waals surface area (Å²) in [7, 11) is 1.67. The highest BCUT2D eigenvalue weighted by atomic mass is 19.1. The first-order valence-corrected chi connectivity index (χ1v) is 7.29. The third kappa shape index (κ3) is 3.76. The molecule has 1 aliphatic rings. The Morgan fingerprint density at radius 3 is 2.45 bits per heavy atom. The van der Waals surface area contributed by atoms with E-state index in [1.807, 2.05) is 0 Å². The fourth-order valence-electron chi connectivity index (χ4n) is 3.15. The smallest absolute Gasteiger partial charge is 0.129 e. The van der Waals surface area contributed by atoms with Crippen molar-refractivity contribution in [3.05, 3.63) is 35.4 Å². The lowest BCUT2D eigenvalue weighted by Gasteiger charge is -2.30. The lowest BCUT2D eigenvalue weighted by atomic mass is 9.79. The van der Waals surface area contributed by atoms with E-state index in [0.717, 1.165) is 38.8 Å². The normalized spacial score (nSPS) is 17.6. The Hall–Kier alpha value is -1.00. The van der Waals surface area contributed by atoms with Crippen LogP contribution in [0.2, 0.25) is 0 Å². The number of hydrogen-bond acceptors (Lipinski definition) is 2. The molecule has 2 nitrogen and oxygen atoms in total. The maximum absolute atomic E-state index is 13.8. The highest BCUT2D eigenvalue weighted by Crippen LogP contribution is 2.41. The zero-order chi connectivity index (χ0) is 14.4. The van der Waals surface area contributed by atoms with Crippen LogP contribution in [-0.2, 0) is 11.2 Å². The molecule has 1 aromatic rings. The van der Waals surface area contributed by atoms with Gasteiger partial charge in [0.05, 0.1) is 6.61 Å². The van der Waals surface area contributed by atoms with Gasteiger partial charge in [-0.05, 0) is 36.8 Å². The molecule has 0 spiro atoms. The third-order valence-electron chi connectivity index (χ3n) is 4.26. The summed E-state index contributed by atoms with van der Waals surface area (Å²) in [5, 5.41) is 3.36. The lowest BCUT2D eigenvalue weighted by molar-refractivity contribution is 0.189. The summed E-state index contributed by atoms with van der Waals surface area (Å²) >= 11 is 0. The molecule has 0 unspecified atom stereocenters. The van der Waals surface area contributed by atoms with Crippen LogP contribution in [0.15, 0.2) is 18.2 Å². The Bertz CT molecular complexity index is 410. The van der Waals surface area contributed by atoms with Crippen LogP contribution in [0.4, 0.5) is 8.78 Å². The first kappa shape index (κ1) is 15.4. The zero-order valence-corrected chi connectivity index (χ0v) is 12.1. The van der Waals surface area contributed by atoms with Crippen LogP contribution in [0.3, 0.4) is 0 Å². The topological polar surface area (TPSA) is 21.3 Å². The average molecular weight is 283 g/mol. The highest BCUT2D eigenvalue weighted by Gasteiger charge is 2.35. The zero-order valence-electron chi connectivity index (χ0n) is 12.1. The van der Waals surface area contributed by atoms with Gasteiger partial charge < -0.3 is 10.1 Å². The summed E-state index contributed by atoms with van der Waals surface area (Å²) in [5.41, 5.74) is 0.222. The highest BCUT2D eigenvalue weighted by molar-refractivity contribution is 5.21. The number of halogens is 2. The number of methoxy groups -OCH3 is 1. The molecule has 0 bridgehead atoms. The van der Waals surface area contributed by atoms with E-state index >= 15 is 0 Å². The molecule has 0 atom stereocenters. The van der Waals surface area contributed by atoms with Crippen LogP contribution in [0.1, 0.15) is 31.2 Å². The monoisotopic (exact) mass is 283 g/mol. The van der Waals surface area contributed by atoms with Gasteiger partial charge in [0.1, 0.15) is 11.6 Å². The van der Waals surface area contributed by atoms with E-state index in [2.05, 4.69) is 5.32 Å². The maximum Gasteiger partial charge on any atom is 0.129 e. The van der Waals surface area contributed by atoms with E-state index < -0.39 is 11.6 Å². The fraction of sp³-hybridized carbons (Fsp3) is 0.625. The second-order valence-electron chi connectivity index (χ2n) is 5.75. The Kier molecular flexibility index (Phi) is 5.49. The van der Waals surface area contributed by atoms with Gasteiger partial charge in [-0.1, -0.05) is 18.9 Å². The lowest BCUT2D eigenvalue weighted by Crippen LogP contribution is -2.36. The Balaban J connectivity index is 2.05. The van der Waals surface area contributed by atoms with Crippen LogP contribution < -0.4 is 5.32 Å². The molecule has 1 saturated carbocycles. The molecule has 0 heterocycles. The molecular formula is C16H23F2NO. The van der Waals surface area contributed by atoms with E-state index in [1.54, 1.807) is 7.11 Å². The summed E-state index contributed by atoms with van der Waals surface area (Å²) < 4.78 is 32.7. The van der Waals surface area contributed by atoms with Crippen LogP contribution in [0.25, 0.3) is 0 Å². The molecule has 112 valence electrons. The number of ether oxygens (including phenoxy) is 1. The molecule has 0 amide bonds. The quantitative estimate of drug-likeness (QED) is 0.775. The fourth-order valence-corrected chi connectivity index (χ4v) is 3.15. The van der Waals surface area contributed by atoms with E-state index in [9.17, 15) is 8.78 Å². The van der Waals surface area contributed by atoms with Crippen molar-refractivity contribution in [1.29, 1.82) is 0 Å². The Labute approximate surface area is 119 Å². The van der Waals surface area contributed by atoms with Gasteiger partial charge in [-0.15, -0.1) is 0 Å². The van der Waals surface area contributed by atoms with Gasteiger partial charge in [0.25, 0.3) is 0 Å². The molecule has 0 saturated heterocycles. The molecule has 1 N–H and O–H groups in total. The molecule has 1 aliphatic carbocycles. The van der Waals surface area contributed by atoms with E-state index in [4.69, 9.17) is 4.74 Å². The minimum atomic E-state index is -0.423. The Morgan fingerprint density at radius 2 is 1.85 bits per heavy atom. The number of rotatable bonds is 7. The van der Waals surface area contributed by atoms with Gasteiger partial charge in [0, 0.05) is 25.8 Å². The molecular weight excluding hydrogens is 260 g/mol. The molecule has 0 radical (unpaired) electrons. The first-order valence-electron chi connectivity index (χ1n) is 7.29. The Morgan fingerprint density at radius 1 is 1.20 bits per heavy atom. The van der Waals surface area contributed by atoms with Crippen molar-refractivity contribution in [3.8, 4) is 0 Å². The summed E-state index contributed by atoms with van der Waals surface area (Å²) in [6, 6.07) is 4.12. The van der Waals surface area contributed by atoms with Gasteiger partial charge in [-0.2, -0.15) is 0 Å². The van der Waals surface area contributed by atoms with Gasteiger partial charge in [-0.3, -0.25) is 0 Å². The predicted molar refractivity (Wildman–Crippen MR) is 75.7 cm³/mol. The number of hydrogen-bond donors (Lipinski definition) is 1. The third-order valence-corrected chi connectivity index (χ3v) is 4.26. The van der Waals surface area contributed by atoms with Crippen molar-refractivity contribution in [3.63, 3.8) is 0 Å². The molecule has 4 heteroatoms. The second kappa shape index (κ2) is 7.14. The average Bonchev–Trinajstić information content (AvgIpc) is 2.89. The van der Waals surface area contributed by atoms with Crippen molar-refractivity contribution >= 4 is 0 Å². The summed E-state index contributed by atoms with van der Waals surface area (Å²) in [6.45, 7) is 2.23. The van der Waals surface area contributed by atoms with Crippen molar-refractivity contribution in [2.24, 2.45) is 5.41 Å². The standard InChI is InChI=1S/C16H23F2NO/c1-20-10-9-19-12-16(7-2-3-8-16)11-13-14(17)5-4-6-15(13)18/h4-6,19H,2-3,7-12H2,1H3. The molecule has 2 rings (SSSR count). The van der Waals surface area contributed by atoms with E-state index in [1.165, 1.54) is 18.2 Å². The molecule has 1 aromatic carbocycles. The minimum absolute atomic E-state index is 0.0171. The minimum Gasteiger partial charge on any atom is -0.383 e. The second-order valence-corrected chi connectivity index (χ2v) is 5.75. The predicted octanol–water partition coefficient (Wildman–Crippen LogP) is 3.30. The van der Waals surface area contributed by atoms with Gasteiger partial charge in [-0.25, -0.2) is 8.78 Å². The van der Waals surface area contributed by atoms with E-state index in [0.29, 0.717) is 13.0 Å². The molecule has 0 aliphatic heterocycles. The van der Waals surface area contributed by atoms with Gasteiger partial charge in [0.2, 0.25) is 0 Å². The molecule has 20 heavy (non-hydrogen) atoms. The van der Waals surface area contributed by atoms with Crippen molar-refractivity contribution in [2.45, 2.75) is 32.1 Å². The van der Waals surface area contributed by atoms with Gasteiger partial charge in [0.15, 0.2) is 0 Å².